The minimum atomic E-state index is 0.531. The molecule has 0 bridgehead atoms. The lowest BCUT2D eigenvalue weighted by Gasteiger charge is -2.18. The molecule has 4 heteroatoms. The zero-order valence-electron chi connectivity index (χ0n) is 22.7. The average molecular weight is 557 g/mol. The minimum absolute atomic E-state index is 0.531. The van der Waals surface area contributed by atoms with E-state index in [0.29, 0.717) is 6.54 Å². The molecule has 0 aliphatic rings. The number of benzene rings is 6. The fourth-order valence-electron chi connectivity index (χ4n) is 6.72. The van der Waals surface area contributed by atoms with Crippen molar-refractivity contribution >= 4 is 82.0 Å². The van der Waals surface area contributed by atoms with E-state index in [2.05, 4.69) is 125 Å². The Bertz CT molecular complexity index is 2530. The van der Waals surface area contributed by atoms with E-state index < -0.39 is 0 Å². The maximum atomic E-state index is 6.18. The van der Waals surface area contributed by atoms with Crippen LogP contribution in [0.5, 0.6) is 0 Å². The van der Waals surface area contributed by atoms with Crippen LogP contribution in [0.1, 0.15) is 5.56 Å². The van der Waals surface area contributed by atoms with Crippen molar-refractivity contribution in [3.8, 4) is 16.8 Å². The lowest BCUT2D eigenvalue weighted by molar-refractivity contribution is 0.669. The van der Waals surface area contributed by atoms with E-state index in [9.17, 15) is 0 Å². The normalized spacial score (nSPS) is 12.0. The molecule has 0 saturated carbocycles. The third-order valence-corrected chi connectivity index (χ3v) is 9.69. The Labute approximate surface area is 245 Å². The maximum absolute atomic E-state index is 6.18. The molecular formula is C38H24N2OS. The van der Waals surface area contributed by atoms with Crippen LogP contribution in [0.3, 0.4) is 0 Å². The van der Waals surface area contributed by atoms with Gasteiger partial charge in [0.15, 0.2) is 0 Å². The molecule has 198 valence electrons. The van der Waals surface area contributed by atoms with E-state index in [4.69, 9.17) is 4.42 Å². The zero-order chi connectivity index (χ0) is 27.8. The molecule has 0 aliphatic heterocycles. The largest absolute Gasteiger partial charge is 0.456 e. The van der Waals surface area contributed by atoms with Gasteiger partial charge in [-0.25, -0.2) is 0 Å². The summed E-state index contributed by atoms with van der Waals surface area (Å²) >= 11 is 1.87. The molecule has 0 radical (unpaired) electrons. The van der Waals surface area contributed by atoms with Crippen LogP contribution in [-0.2, 0) is 6.54 Å². The summed E-state index contributed by atoms with van der Waals surface area (Å²) in [5.41, 5.74) is 8.82. The second kappa shape index (κ2) is 8.90. The van der Waals surface area contributed by atoms with Gasteiger partial charge in [0, 0.05) is 42.6 Å². The summed E-state index contributed by atoms with van der Waals surface area (Å²) in [6, 6.07) is 43.5. The third-order valence-electron chi connectivity index (χ3n) is 8.50. The van der Waals surface area contributed by atoms with Crippen LogP contribution in [0, 0.1) is 0 Å². The van der Waals surface area contributed by atoms with E-state index >= 15 is 0 Å². The van der Waals surface area contributed by atoms with Crippen molar-refractivity contribution in [3.63, 3.8) is 0 Å². The van der Waals surface area contributed by atoms with E-state index in [1.165, 1.54) is 42.0 Å². The Morgan fingerprint density at radius 3 is 2.31 bits per heavy atom. The fourth-order valence-corrected chi connectivity index (χ4v) is 7.96. The van der Waals surface area contributed by atoms with Crippen LogP contribution in [-0.4, -0.2) is 11.3 Å². The standard InChI is InChI=1S/C38H24N2OS/c1-39-22-24-9-8-14-32(36(24)23-17-20-34-30(21-23)26-11-3-6-15-33(26)41-34)40-31-13-5-2-10-25(31)28-18-19-29-27-12-4-7-16-35(27)42-38(29)37(28)40/h2-21H,1,22H2. The van der Waals surface area contributed by atoms with E-state index in [1.54, 1.807) is 0 Å². The summed E-state index contributed by atoms with van der Waals surface area (Å²) in [5.74, 6) is 0. The smallest absolute Gasteiger partial charge is 0.135 e. The third kappa shape index (κ3) is 3.24. The van der Waals surface area contributed by atoms with Gasteiger partial charge in [-0.15, -0.1) is 11.3 Å². The van der Waals surface area contributed by atoms with Gasteiger partial charge in [-0.2, -0.15) is 0 Å². The number of fused-ring (bicyclic) bond motifs is 10. The monoisotopic (exact) mass is 556 g/mol. The number of aromatic nitrogens is 1. The first kappa shape index (κ1) is 23.5. The molecule has 9 aromatic rings. The molecule has 0 aliphatic carbocycles. The van der Waals surface area contributed by atoms with Crippen LogP contribution in [0.15, 0.2) is 131 Å². The van der Waals surface area contributed by atoms with Crippen LogP contribution < -0.4 is 0 Å². The minimum Gasteiger partial charge on any atom is -0.456 e. The molecule has 42 heavy (non-hydrogen) atoms. The van der Waals surface area contributed by atoms with Crippen molar-refractivity contribution in [1.29, 1.82) is 0 Å². The number of aliphatic imine (C=N–C) groups is 1. The summed E-state index contributed by atoms with van der Waals surface area (Å²) in [5, 5.41) is 7.35. The number of hydrogen-bond donors (Lipinski definition) is 0. The number of hydrogen-bond acceptors (Lipinski definition) is 3. The SMILES string of the molecule is C=NCc1cccc(-n2c3ccccc3c3ccc4c5ccccc5sc4c32)c1-c1ccc2oc3ccccc3c2c1. The lowest BCUT2D eigenvalue weighted by Crippen LogP contribution is -2.00. The van der Waals surface area contributed by atoms with Crippen molar-refractivity contribution in [2.45, 2.75) is 6.54 Å². The van der Waals surface area contributed by atoms with Gasteiger partial charge in [0.1, 0.15) is 11.2 Å². The zero-order valence-corrected chi connectivity index (χ0v) is 23.5. The first-order valence-electron chi connectivity index (χ1n) is 14.1. The Balaban J connectivity index is 1.44. The summed E-state index contributed by atoms with van der Waals surface area (Å²) in [6.45, 7) is 4.39. The highest BCUT2D eigenvalue weighted by Gasteiger charge is 2.21. The van der Waals surface area contributed by atoms with Crippen LogP contribution in [0.25, 0.3) is 80.7 Å². The fraction of sp³-hybridized carbons (Fsp3) is 0.0263. The van der Waals surface area contributed by atoms with Gasteiger partial charge in [0.2, 0.25) is 0 Å². The predicted octanol–water partition coefficient (Wildman–Crippen LogP) is 10.9. The summed E-state index contributed by atoms with van der Waals surface area (Å²) < 4.78 is 11.3. The van der Waals surface area contributed by atoms with Crippen molar-refractivity contribution in [2.24, 2.45) is 4.99 Å². The number of furan rings is 1. The second-order valence-corrected chi connectivity index (χ2v) is 11.8. The van der Waals surface area contributed by atoms with E-state index in [-0.39, 0.29) is 0 Å². The first-order chi connectivity index (χ1) is 20.8. The molecule has 3 aromatic heterocycles. The quantitative estimate of drug-likeness (QED) is 0.198. The van der Waals surface area contributed by atoms with Crippen molar-refractivity contribution < 1.29 is 4.42 Å². The molecule has 3 nitrogen and oxygen atoms in total. The van der Waals surface area contributed by atoms with Gasteiger partial charge in [-0.05, 0) is 54.2 Å². The van der Waals surface area contributed by atoms with Gasteiger partial charge in [-0.1, -0.05) is 84.9 Å². The van der Waals surface area contributed by atoms with E-state index in [1.807, 2.05) is 23.5 Å². The lowest BCUT2D eigenvalue weighted by atomic mass is 9.95. The van der Waals surface area contributed by atoms with Crippen molar-refractivity contribution in [2.75, 3.05) is 0 Å². The Kier molecular flexibility index (Phi) is 4.98. The average Bonchev–Trinajstić information content (AvgIpc) is 3.70. The summed E-state index contributed by atoms with van der Waals surface area (Å²) in [4.78, 5) is 4.34. The van der Waals surface area contributed by atoms with Crippen molar-refractivity contribution in [3.05, 3.63) is 127 Å². The Hall–Kier alpha value is -5.19. The summed E-state index contributed by atoms with van der Waals surface area (Å²) in [6.07, 6.45) is 0. The molecular weight excluding hydrogens is 532 g/mol. The van der Waals surface area contributed by atoms with E-state index in [0.717, 1.165) is 44.3 Å². The molecule has 0 fully saturated rings. The van der Waals surface area contributed by atoms with Gasteiger partial charge < -0.3 is 8.98 Å². The molecule has 0 unspecified atom stereocenters. The Morgan fingerprint density at radius 2 is 1.40 bits per heavy atom. The van der Waals surface area contributed by atoms with Crippen LogP contribution >= 0.6 is 11.3 Å². The number of nitrogens with zero attached hydrogens (tertiary/aromatic N) is 2. The number of thiophene rings is 1. The molecule has 0 spiro atoms. The molecule has 0 atom stereocenters. The van der Waals surface area contributed by atoms with Gasteiger partial charge in [0.05, 0.1) is 28.0 Å². The van der Waals surface area contributed by atoms with Gasteiger partial charge >= 0.3 is 0 Å². The van der Waals surface area contributed by atoms with Crippen LogP contribution in [0.4, 0.5) is 0 Å². The number of rotatable bonds is 4. The van der Waals surface area contributed by atoms with Gasteiger partial charge in [0.25, 0.3) is 0 Å². The highest BCUT2D eigenvalue weighted by molar-refractivity contribution is 7.26. The molecule has 0 N–H and O–H groups in total. The predicted molar refractivity (Wildman–Crippen MR) is 180 cm³/mol. The molecule has 0 saturated heterocycles. The molecule has 0 amide bonds. The van der Waals surface area contributed by atoms with Crippen LogP contribution in [0.2, 0.25) is 0 Å². The topological polar surface area (TPSA) is 30.4 Å². The highest BCUT2D eigenvalue weighted by atomic mass is 32.1. The second-order valence-electron chi connectivity index (χ2n) is 10.8. The summed E-state index contributed by atoms with van der Waals surface area (Å²) in [7, 11) is 0. The van der Waals surface area contributed by atoms with Gasteiger partial charge in [-0.3, -0.25) is 4.99 Å². The number of para-hydroxylation sites is 2. The molecule has 9 rings (SSSR count). The highest BCUT2D eigenvalue weighted by Crippen LogP contribution is 2.45. The Morgan fingerprint density at radius 1 is 0.643 bits per heavy atom. The maximum Gasteiger partial charge on any atom is 0.135 e. The molecule has 3 heterocycles. The van der Waals surface area contributed by atoms with Crippen molar-refractivity contribution in [1.82, 2.24) is 4.57 Å². The first-order valence-corrected chi connectivity index (χ1v) is 14.9. The molecule has 6 aromatic carbocycles.